The van der Waals surface area contributed by atoms with Crippen LogP contribution in [-0.2, 0) is 4.79 Å². The number of rotatable bonds is 4. The molecule has 1 aliphatic rings. The molecule has 1 amide bonds. The third kappa shape index (κ3) is 3.63. The summed E-state index contributed by atoms with van der Waals surface area (Å²) >= 11 is 0. The van der Waals surface area contributed by atoms with Crippen LogP contribution in [0.5, 0.6) is 11.5 Å². The first kappa shape index (κ1) is 18.9. The second-order valence-corrected chi connectivity index (χ2v) is 7.07. The summed E-state index contributed by atoms with van der Waals surface area (Å²) in [6.07, 6.45) is -0.631. The zero-order valence-electron chi connectivity index (χ0n) is 16.8. The van der Waals surface area contributed by atoms with Crippen LogP contribution in [0.2, 0.25) is 0 Å². The molecule has 1 aromatic heterocycles. The van der Waals surface area contributed by atoms with Gasteiger partial charge in [0, 0.05) is 11.3 Å². The Kier molecular flexibility index (Phi) is 4.88. The number of benzene rings is 2. The molecule has 0 saturated heterocycles. The Balaban J connectivity index is 1.49. The topological polar surface area (TPSA) is 85.6 Å². The molecule has 1 unspecified atom stereocenters. The molecule has 0 spiro atoms. The minimum absolute atomic E-state index is 0.203. The summed E-state index contributed by atoms with van der Waals surface area (Å²) in [6, 6.07) is 11.3. The van der Waals surface area contributed by atoms with E-state index in [1.807, 2.05) is 57.2 Å². The molecule has 1 atom stereocenters. The van der Waals surface area contributed by atoms with Crippen molar-refractivity contribution in [3.63, 3.8) is 0 Å². The van der Waals surface area contributed by atoms with E-state index in [1.165, 1.54) is 0 Å². The first-order chi connectivity index (χ1) is 14.0. The van der Waals surface area contributed by atoms with E-state index in [1.54, 1.807) is 7.11 Å². The molecule has 7 heteroatoms. The number of hydrogen-bond donors (Lipinski definition) is 2. The quantitative estimate of drug-likeness (QED) is 0.695. The molecule has 7 nitrogen and oxygen atoms in total. The number of carbonyl (C=O) groups is 1. The molecule has 2 N–H and O–H groups in total. The molecule has 1 aliphatic heterocycles. The Labute approximate surface area is 169 Å². The molecule has 0 aliphatic carbocycles. The van der Waals surface area contributed by atoms with E-state index in [0.717, 1.165) is 45.3 Å². The van der Waals surface area contributed by atoms with Gasteiger partial charge < -0.3 is 24.6 Å². The molecular formula is C22H23N3O4. The van der Waals surface area contributed by atoms with Gasteiger partial charge in [-0.05, 0) is 62.2 Å². The predicted octanol–water partition coefficient (Wildman–Crippen LogP) is 4.09. The van der Waals surface area contributed by atoms with Crippen LogP contribution in [0.3, 0.4) is 0 Å². The Morgan fingerprint density at radius 3 is 2.72 bits per heavy atom. The van der Waals surface area contributed by atoms with Crippen molar-refractivity contribution >= 4 is 17.3 Å². The number of methoxy groups -OCH3 is 1. The number of aromatic nitrogens is 1. The van der Waals surface area contributed by atoms with Gasteiger partial charge in [0.15, 0.2) is 6.10 Å². The van der Waals surface area contributed by atoms with Crippen molar-refractivity contribution in [2.45, 2.75) is 26.9 Å². The van der Waals surface area contributed by atoms with Gasteiger partial charge in [0.05, 0.1) is 25.0 Å². The summed E-state index contributed by atoms with van der Waals surface area (Å²) in [4.78, 5) is 12.7. The molecule has 2 aromatic carbocycles. The van der Waals surface area contributed by atoms with Crippen molar-refractivity contribution in [1.29, 1.82) is 0 Å². The van der Waals surface area contributed by atoms with Gasteiger partial charge in [-0.15, -0.1) is 0 Å². The lowest BCUT2D eigenvalue weighted by Gasteiger charge is -2.27. The largest absolute Gasteiger partial charge is 0.497 e. The molecule has 3 aromatic rings. The predicted molar refractivity (Wildman–Crippen MR) is 111 cm³/mol. The first-order valence-electron chi connectivity index (χ1n) is 9.39. The number of aryl methyl sites for hydroxylation is 3. The number of fused-ring (bicyclic) bond motifs is 1. The third-order valence-corrected chi connectivity index (χ3v) is 5.03. The fraction of sp³-hybridized carbons (Fsp3) is 0.273. The Morgan fingerprint density at radius 2 is 2.03 bits per heavy atom. The second-order valence-electron chi connectivity index (χ2n) is 7.07. The smallest absolute Gasteiger partial charge is 0.267 e. The summed E-state index contributed by atoms with van der Waals surface area (Å²) in [7, 11) is 1.61. The van der Waals surface area contributed by atoms with Crippen molar-refractivity contribution < 1.29 is 18.8 Å². The van der Waals surface area contributed by atoms with Crippen molar-refractivity contribution in [3.05, 3.63) is 53.4 Å². The van der Waals surface area contributed by atoms with Crippen LogP contribution in [0.25, 0.3) is 11.1 Å². The number of nitrogens with one attached hydrogen (secondary N) is 2. The highest BCUT2D eigenvalue weighted by atomic mass is 16.5. The fourth-order valence-corrected chi connectivity index (χ4v) is 3.48. The lowest BCUT2D eigenvalue weighted by atomic mass is 10.0. The van der Waals surface area contributed by atoms with E-state index < -0.39 is 6.10 Å². The number of hydrogen-bond acceptors (Lipinski definition) is 6. The molecule has 29 heavy (non-hydrogen) atoms. The molecule has 4 rings (SSSR count). The van der Waals surface area contributed by atoms with Gasteiger partial charge in [-0.3, -0.25) is 4.79 Å². The third-order valence-electron chi connectivity index (χ3n) is 5.03. The average Bonchev–Trinajstić information content (AvgIpc) is 3.06. The summed E-state index contributed by atoms with van der Waals surface area (Å²) in [5.41, 5.74) is 5.31. The van der Waals surface area contributed by atoms with E-state index in [9.17, 15) is 4.79 Å². The highest BCUT2D eigenvalue weighted by molar-refractivity contribution is 5.96. The van der Waals surface area contributed by atoms with Crippen LogP contribution in [-0.4, -0.2) is 30.8 Å². The molecule has 0 fully saturated rings. The normalized spacial score (nSPS) is 15.1. The minimum atomic E-state index is -0.631. The Morgan fingerprint density at radius 1 is 1.21 bits per heavy atom. The maximum absolute atomic E-state index is 12.7. The first-order valence-corrected chi connectivity index (χ1v) is 9.39. The molecule has 0 radical (unpaired) electrons. The summed E-state index contributed by atoms with van der Waals surface area (Å²) in [5.74, 6) is 1.95. The zero-order chi connectivity index (χ0) is 20.5. The monoisotopic (exact) mass is 393 g/mol. The summed E-state index contributed by atoms with van der Waals surface area (Å²) in [6.45, 7) is 6.10. The van der Waals surface area contributed by atoms with Crippen molar-refractivity contribution in [2.75, 3.05) is 24.3 Å². The van der Waals surface area contributed by atoms with Gasteiger partial charge in [-0.1, -0.05) is 11.2 Å². The van der Waals surface area contributed by atoms with Crippen LogP contribution in [0, 0.1) is 20.8 Å². The van der Waals surface area contributed by atoms with Crippen molar-refractivity contribution in [3.8, 4) is 22.6 Å². The number of anilines is 2. The van der Waals surface area contributed by atoms with Crippen molar-refractivity contribution in [2.24, 2.45) is 0 Å². The maximum Gasteiger partial charge on any atom is 0.267 e. The standard InChI is InChI=1S/C22H23N3O4/c1-12-9-16(27-4)6-7-17(12)24-22(26)20-11-23-18-10-15(5-8-19(18)28-20)21-13(2)25-29-14(21)3/h5-10,20,23H,11H2,1-4H3,(H,24,26). The van der Waals surface area contributed by atoms with Gasteiger partial charge in [0.2, 0.25) is 0 Å². The van der Waals surface area contributed by atoms with Crippen LogP contribution in [0.1, 0.15) is 17.0 Å². The molecule has 0 bridgehead atoms. The molecule has 150 valence electrons. The van der Waals surface area contributed by atoms with E-state index in [0.29, 0.717) is 12.3 Å². The van der Waals surface area contributed by atoms with Crippen LogP contribution in [0.4, 0.5) is 11.4 Å². The number of amides is 1. The van der Waals surface area contributed by atoms with Gasteiger partial charge in [-0.2, -0.15) is 0 Å². The van der Waals surface area contributed by atoms with Crippen LogP contribution >= 0.6 is 0 Å². The minimum Gasteiger partial charge on any atom is -0.497 e. The van der Waals surface area contributed by atoms with Gasteiger partial charge in [0.1, 0.15) is 17.3 Å². The fourth-order valence-electron chi connectivity index (χ4n) is 3.48. The van der Waals surface area contributed by atoms with E-state index >= 15 is 0 Å². The Bertz CT molecular complexity index is 1050. The van der Waals surface area contributed by atoms with Gasteiger partial charge in [-0.25, -0.2) is 0 Å². The van der Waals surface area contributed by atoms with E-state index in [4.69, 9.17) is 14.0 Å². The molecule has 2 heterocycles. The van der Waals surface area contributed by atoms with Crippen molar-refractivity contribution in [1.82, 2.24) is 5.16 Å². The number of carbonyl (C=O) groups excluding carboxylic acids is 1. The lowest BCUT2D eigenvalue weighted by Crippen LogP contribution is -2.41. The van der Waals surface area contributed by atoms with Gasteiger partial charge >= 0.3 is 0 Å². The highest BCUT2D eigenvalue weighted by Crippen LogP contribution is 2.36. The van der Waals surface area contributed by atoms with Crippen LogP contribution < -0.4 is 20.1 Å². The zero-order valence-corrected chi connectivity index (χ0v) is 16.8. The van der Waals surface area contributed by atoms with Crippen LogP contribution in [0.15, 0.2) is 40.9 Å². The highest BCUT2D eigenvalue weighted by Gasteiger charge is 2.27. The SMILES string of the molecule is COc1ccc(NC(=O)C2CNc3cc(-c4c(C)noc4C)ccc3O2)c(C)c1. The van der Waals surface area contributed by atoms with E-state index in [2.05, 4.69) is 15.8 Å². The van der Waals surface area contributed by atoms with Gasteiger partial charge in [0.25, 0.3) is 5.91 Å². The lowest BCUT2D eigenvalue weighted by molar-refractivity contribution is -0.122. The Hall–Kier alpha value is -3.48. The molecular weight excluding hydrogens is 370 g/mol. The van der Waals surface area contributed by atoms with E-state index in [-0.39, 0.29) is 5.91 Å². The molecule has 0 saturated carbocycles. The summed E-state index contributed by atoms with van der Waals surface area (Å²) < 4.78 is 16.4. The number of ether oxygens (including phenoxy) is 2. The maximum atomic E-state index is 12.7. The number of nitrogens with zero attached hydrogens (tertiary/aromatic N) is 1. The average molecular weight is 393 g/mol. The second kappa shape index (κ2) is 7.50. The summed E-state index contributed by atoms with van der Waals surface area (Å²) in [5, 5.41) is 10.2.